The Morgan fingerprint density at radius 3 is 2.73 bits per heavy atom. The van der Waals surface area contributed by atoms with Crippen molar-refractivity contribution in [3.63, 3.8) is 0 Å². The molecule has 0 radical (unpaired) electrons. The number of ether oxygens (including phenoxy) is 2. The van der Waals surface area contributed by atoms with Crippen LogP contribution in [0.1, 0.15) is 24.0 Å². The molecule has 3 N–H and O–H groups in total. The molecule has 1 saturated heterocycles. The monoisotopic (exact) mass is 419 g/mol. The Morgan fingerprint density at radius 2 is 2.09 bits per heavy atom. The third kappa shape index (κ3) is 6.93. The summed E-state index contributed by atoms with van der Waals surface area (Å²) in [6.07, 6.45) is 2.50. The van der Waals surface area contributed by atoms with Gasteiger partial charge in [-0.2, -0.15) is 0 Å². The van der Waals surface area contributed by atoms with Crippen LogP contribution in [0.5, 0.6) is 0 Å². The molecule has 1 aliphatic heterocycles. The molecule has 2 rings (SSSR count). The van der Waals surface area contributed by atoms with Crippen LogP contribution >= 0.6 is 24.0 Å². The quantitative estimate of drug-likeness (QED) is 0.322. The molecule has 1 heterocycles. The number of hydrogen-bond acceptors (Lipinski definition) is 3. The first-order valence-electron chi connectivity index (χ1n) is 7.48. The van der Waals surface area contributed by atoms with Crippen LogP contribution in [0.4, 0.5) is 5.69 Å². The van der Waals surface area contributed by atoms with Gasteiger partial charge in [0.2, 0.25) is 0 Å². The molecule has 22 heavy (non-hydrogen) atoms. The average Bonchev–Trinajstić information content (AvgIpc) is 2.90. The lowest BCUT2D eigenvalue weighted by Crippen LogP contribution is -2.24. The summed E-state index contributed by atoms with van der Waals surface area (Å²) in [5.41, 5.74) is 9.23. The summed E-state index contributed by atoms with van der Waals surface area (Å²) in [6.45, 7) is 6.75. The van der Waals surface area contributed by atoms with Crippen molar-refractivity contribution in [2.45, 2.75) is 32.8 Å². The van der Waals surface area contributed by atoms with Gasteiger partial charge in [-0.3, -0.25) is 4.99 Å². The summed E-state index contributed by atoms with van der Waals surface area (Å²) >= 11 is 0. The number of nitrogens with one attached hydrogen (secondary N) is 1. The topological polar surface area (TPSA) is 68.9 Å². The van der Waals surface area contributed by atoms with Crippen LogP contribution in [0.15, 0.2) is 23.2 Å². The fourth-order valence-electron chi connectivity index (χ4n) is 2.46. The van der Waals surface area contributed by atoms with Crippen molar-refractivity contribution in [1.82, 2.24) is 0 Å². The summed E-state index contributed by atoms with van der Waals surface area (Å²) in [6, 6.07) is 6.21. The Bertz CT molecular complexity index is 468. The van der Waals surface area contributed by atoms with E-state index in [0.29, 0.717) is 25.7 Å². The predicted molar refractivity (Wildman–Crippen MR) is 101 cm³/mol. The first-order chi connectivity index (χ1) is 10.1. The zero-order valence-corrected chi connectivity index (χ0v) is 15.6. The maximum atomic E-state index is 5.87. The largest absolute Gasteiger partial charge is 0.377 e. The van der Waals surface area contributed by atoms with Gasteiger partial charge in [0.05, 0.1) is 25.9 Å². The molecule has 1 atom stereocenters. The molecule has 0 spiro atoms. The van der Waals surface area contributed by atoms with Crippen molar-refractivity contribution in [1.29, 1.82) is 0 Å². The number of aryl methyl sites for hydroxylation is 2. The number of halogens is 1. The molecular formula is C16H26IN3O2. The lowest BCUT2D eigenvalue weighted by molar-refractivity contribution is 0.0200. The average molecular weight is 419 g/mol. The Balaban J connectivity index is 0.00000242. The number of nitrogens with two attached hydrogens (primary N) is 1. The highest BCUT2D eigenvalue weighted by molar-refractivity contribution is 14.0. The van der Waals surface area contributed by atoms with Gasteiger partial charge in [0, 0.05) is 12.3 Å². The van der Waals surface area contributed by atoms with Crippen LogP contribution in [-0.2, 0) is 9.47 Å². The van der Waals surface area contributed by atoms with Crippen LogP contribution in [0.3, 0.4) is 0 Å². The first-order valence-corrected chi connectivity index (χ1v) is 7.48. The number of aliphatic imine (C=N–C) groups is 1. The molecule has 0 aromatic heterocycles. The number of hydrogen-bond donors (Lipinski definition) is 2. The normalized spacial score (nSPS) is 18.1. The predicted octanol–water partition coefficient (Wildman–Crippen LogP) is 2.84. The SMILES string of the molecule is Cc1cc(C)cc(NC(N)=NCCOCC2CCCO2)c1.I. The maximum absolute atomic E-state index is 5.87. The van der Waals surface area contributed by atoms with Gasteiger partial charge in [-0.15, -0.1) is 24.0 Å². The summed E-state index contributed by atoms with van der Waals surface area (Å²) in [5.74, 6) is 0.417. The van der Waals surface area contributed by atoms with E-state index in [1.54, 1.807) is 0 Å². The molecule has 0 saturated carbocycles. The van der Waals surface area contributed by atoms with Crippen LogP contribution in [0, 0.1) is 13.8 Å². The van der Waals surface area contributed by atoms with Gasteiger partial charge in [-0.25, -0.2) is 0 Å². The zero-order valence-electron chi connectivity index (χ0n) is 13.3. The molecule has 1 unspecified atom stereocenters. The molecule has 1 aromatic carbocycles. The van der Waals surface area contributed by atoms with E-state index in [1.165, 1.54) is 11.1 Å². The zero-order chi connectivity index (χ0) is 15.1. The standard InChI is InChI=1S/C16H25N3O2.HI/c1-12-8-13(2)10-14(9-12)19-16(17)18-5-7-20-11-15-4-3-6-21-15;/h8-10,15H,3-7,11H2,1-2H3,(H3,17,18,19);1H. The molecule has 124 valence electrons. The minimum absolute atomic E-state index is 0. The van der Waals surface area contributed by atoms with E-state index in [0.717, 1.165) is 25.1 Å². The second kappa shape index (κ2) is 10.0. The lowest BCUT2D eigenvalue weighted by Gasteiger charge is -2.10. The van der Waals surface area contributed by atoms with Crippen LogP contribution < -0.4 is 11.1 Å². The van der Waals surface area contributed by atoms with E-state index < -0.39 is 0 Å². The van der Waals surface area contributed by atoms with Gasteiger partial charge in [0.25, 0.3) is 0 Å². The van der Waals surface area contributed by atoms with Crippen molar-refractivity contribution < 1.29 is 9.47 Å². The highest BCUT2D eigenvalue weighted by atomic mass is 127. The van der Waals surface area contributed by atoms with Crippen molar-refractivity contribution in [3.05, 3.63) is 29.3 Å². The van der Waals surface area contributed by atoms with Gasteiger partial charge in [-0.05, 0) is 49.9 Å². The third-order valence-electron chi connectivity index (χ3n) is 3.34. The second-order valence-electron chi connectivity index (χ2n) is 5.48. The van der Waals surface area contributed by atoms with Gasteiger partial charge in [0.15, 0.2) is 5.96 Å². The number of nitrogens with zero attached hydrogens (tertiary/aromatic N) is 1. The third-order valence-corrected chi connectivity index (χ3v) is 3.34. The van der Waals surface area contributed by atoms with E-state index in [-0.39, 0.29) is 30.1 Å². The van der Waals surface area contributed by atoms with Crippen LogP contribution in [0.25, 0.3) is 0 Å². The Morgan fingerprint density at radius 1 is 1.36 bits per heavy atom. The Hall–Kier alpha value is -0.860. The second-order valence-corrected chi connectivity index (χ2v) is 5.48. The fraction of sp³-hybridized carbons (Fsp3) is 0.562. The molecular weight excluding hydrogens is 393 g/mol. The number of rotatable bonds is 6. The minimum Gasteiger partial charge on any atom is -0.377 e. The van der Waals surface area contributed by atoms with Crippen molar-refractivity contribution in [2.24, 2.45) is 10.7 Å². The molecule has 1 aliphatic rings. The molecule has 1 fully saturated rings. The Labute approximate surface area is 149 Å². The Kier molecular flexibility index (Phi) is 8.74. The van der Waals surface area contributed by atoms with E-state index in [1.807, 2.05) is 12.1 Å². The molecule has 5 nitrogen and oxygen atoms in total. The highest BCUT2D eigenvalue weighted by Crippen LogP contribution is 2.13. The van der Waals surface area contributed by atoms with Crippen LogP contribution in [0.2, 0.25) is 0 Å². The smallest absolute Gasteiger partial charge is 0.193 e. The number of guanidine groups is 1. The molecule has 0 bridgehead atoms. The van der Waals surface area contributed by atoms with Crippen molar-refractivity contribution in [3.8, 4) is 0 Å². The van der Waals surface area contributed by atoms with E-state index in [9.17, 15) is 0 Å². The van der Waals surface area contributed by atoms with Crippen molar-refractivity contribution in [2.75, 3.05) is 31.7 Å². The molecule has 0 aliphatic carbocycles. The summed E-state index contributed by atoms with van der Waals surface area (Å²) in [4.78, 5) is 4.26. The summed E-state index contributed by atoms with van der Waals surface area (Å²) in [7, 11) is 0. The fourth-order valence-corrected chi connectivity index (χ4v) is 2.46. The van der Waals surface area contributed by atoms with E-state index >= 15 is 0 Å². The van der Waals surface area contributed by atoms with E-state index in [4.69, 9.17) is 15.2 Å². The highest BCUT2D eigenvalue weighted by Gasteiger charge is 2.14. The molecule has 0 amide bonds. The van der Waals surface area contributed by atoms with Gasteiger partial charge in [-0.1, -0.05) is 6.07 Å². The van der Waals surface area contributed by atoms with Crippen LogP contribution in [-0.4, -0.2) is 38.4 Å². The maximum Gasteiger partial charge on any atom is 0.193 e. The van der Waals surface area contributed by atoms with Crippen molar-refractivity contribution >= 4 is 35.6 Å². The minimum atomic E-state index is 0. The van der Waals surface area contributed by atoms with Gasteiger partial charge in [0.1, 0.15) is 0 Å². The van der Waals surface area contributed by atoms with Gasteiger partial charge < -0.3 is 20.5 Å². The molecule has 1 aromatic rings. The summed E-state index contributed by atoms with van der Waals surface area (Å²) in [5, 5.41) is 3.10. The first kappa shape index (κ1) is 19.2. The summed E-state index contributed by atoms with van der Waals surface area (Å²) < 4.78 is 11.0. The number of anilines is 1. The van der Waals surface area contributed by atoms with Gasteiger partial charge >= 0.3 is 0 Å². The lowest BCUT2D eigenvalue weighted by atomic mass is 10.1. The number of benzene rings is 1. The van der Waals surface area contributed by atoms with E-state index in [2.05, 4.69) is 30.2 Å². The molecule has 6 heteroatoms.